The van der Waals surface area contributed by atoms with Crippen LogP contribution in [0.15, 0.2) is 42.5 Å². The number of hydrogen-bond donors (Lipinski definition) is 0. The van der Waals surface area contributed by atoms with E-state index in [1.807, 2.05) is 42.5 Å². The molecule has 0 radical (unpaired) electrons. The van der Waals surface area contributed by atoms with E-state index in [1.54, 1.807) is 0 Å². The molecule has 0 bridgehead atoms. The zero-order valence-electron chi connectivity index (χ0n) is 11.8. The van der Waals surface area contributed by atoms with Crippen molar-refractivity contribution in [2.45, 2.75) is 25.7 Å². The second-order valence-corrected chi connectivity index (χ2v) is 6.01. The minimum absolute atomic E-state index is 0.000975. The molecule has 4 rings (SSSR count). The maximum atomic E-state index is 12.7. The Hall–Kier alpha value is -2.16. The zero-order chi connectivity index (χ0) is 14.4. The third-order valence-electron chi connectivity index (χ3n) is 4.85. The fourth-order valence-corrected chi connectivity index (χ4v) is 3.80. The average Bonchev–Trinajstić information content (AvgIpc) is 2.79. The van der Waals surface area contributed by atoms with Crippen LogP contribution in [-0.2, 0) is 9.59 Å². The van der Waals surface area contributed by atoms with E-state index in [0.29, 0.717) is 0 Å². The summed E-state index contributed by atoms with van der Waals surface area (Å²) in [7, 11) is 0. The fraction of sp³-hybridized carbons (Fsp3) is 0.333. The molecule has 1 saturated heterocycles. The Labute approximate surface area is 123 Å². The SMILES string of the molecule is O=C1[C@H]2CCCC[C@@H]2C(=O)N1c1cccc2ccccc12. The summed E-state index contributed by atoms with van der Waals surface area (Å²) in [6.07, 6.45) is 3.83. The molecule has 1 heterocycles. The third kappa shape index (κ3) is 1.80. The van der Waals surface area contributed by atoms with Crippen LogP contribution < -0.4 is 4.90 Å². The van der Waals surface area contributed by atoms with E-state index < -0.39 is 0 Å². The van der Waals surface area contributed by atoms with Gasteiger partial charge in [0.2, 0.25) is 11.8 Å². The summed E-state index contributed by atoms with van der Waals surface area (Å²) < 4.78 is 0. The molecule has 1 aliphatic carbocycles. The Morgan fingerprint density at radius 1 is 0.810 bits per heavy atom. The quantitative estimate of drug-likeness (QED) is 0.749. The van der Waals surface area contributed by atoms with E-state index in [1.165, 1.54) is 4.90 Å². The summed E-state index contributed by atoms with van der Waals surface area (Å²) in [4.78, 5) is 26.8. The lowest BCUT2D eigenvalue weighted by Gasteiger charge is -2.19. The van der Waals surface area contributed by atoms with Crippen molar-refractivity contribution in [1.29, 1.82) is 0 Å². The number of imide groups is 1. The van der Waals surface area contributed by atoms with E-state index in [9.17, 15) is 9.59 Å². The smallest absolute Gasteiger partial charge is 0.237 e. The first-order chi connectivity index (χ1) is 10.3. The molecule has 1 saturated carbocycles. The highest BCUT2D eigenvalue weighted by Gasteiger charge is 2.48. The van der Waals surface area contributed by atoms with Gasteiger partial charge in [-0.3, -0.25) is 9.59 Å². The first-order valence-electron chi connectivity index (χ1n) is 7.63. The van der Waals surface area contributed by atoms with Crippen molar-refractivity contribution < 1.29 is 9.59 Å². The number of nitrogens with zero attached hydrogens (tertiary/aromatic N) is 1. The van der Waals surface area contributed by atoms with E-state index in [2.05, 4.69) is 0 Å². The summed E-state index contributed by atoms with van der Waals surface area (Å²) >= 11 is 0. The topological polar surface area (TPSA) is 37.4 Å². The van der Waals surface area contributed by atoms with E-state index in [4.69, 9.17) is 0 Å². The molecule has 106 valence electrons. The number of hydrogen-bond acceptors (Lipinski definition) is 2. The number of amides is 2. The van der Waals surface area contributed by atoms with Gasteiger partial charge in [0.05, 0.1) is 17.5 Å². The van der Waals surface area contributed by atoms with Gasteiger partial charge >= 0.3 is 0 Å². The van der Waals surface area contributed by atoms with Gasteiger partial charge in [-0.05, 0) is 24.3 Å². The predicted octanol–water partition coefficient (Wildman–Crippen LogP) is 3.52. The molecular weight excluding hydrogens is 262 g/mol. The summed E-state index contributed by atoms with van der Waals surface area (Å²) in [5, 5.41) is 2.03. The number of carbonyl (C=O) groups is 2. The van der Waals surface area contributed by atoms with Gasteiger partial charge in [0, 0.05) is 5.39 Å². The van der Waals surface area contributed by atoms with Crippen LogP contribution in [0.5, 0.6) is 0 Å². The first-order valence-corrected chi connectivity index (χ1v) is 7.63. The van der Waals surface area contributed by atoms with E-state index in [0.717, 1.165) is 42.1 Å². The monoisotopic (exact) mass is 279 g/mol. The summed E-state index contributed by atoms with van der Waals surface area (Å²) in [6.45, 7) is 0. The Bertz CT molecular complexity index is 708. The standard InChI is InChI=1S/C18H17NO2/c20-17-14-9-3-4-10-15(14)18(21)19(17)16-11-5-7-12-6-1-2-8-13(12)16/h1-2,5-8,11,14-15H,3-4,9-10H2/t14-,15-/m0/s1. The molecule has 2 aliphatic rings. The van der Waals surface area contributed by atoms with Crippen molar-refractivity contribution in [2.75, 3.05) is 4.90 Å². The van der Waals surface area contributed by atoms with Gasteiger partial charge < -0.3 is 0 Å². The molecule has 0 aromatic heterocycles. The Morgan fingerprint density at radius 3 is 2.14 bits per heavy atom. The van der Waals surface area contributed by atoms with Crippen LogP contribution >= 0.6 is 0 Å². The molecule has 0 N–H and O–H groups in total. The highest BCUT2D eigenvalue weighted by molar-refractivity contribution is 6.24. The molecule has 21 heavy (non-hydrogen) atoms. The zero-order valence-corrected chi connectivity index (χ0v) is 11.8. The number of anilines is 1. The normalized spacial score (nSPS) is 25.4. The number of benzene rings is 2. The van der Waals surface area contributed by atoms with Gasteiger partial charge in [0.25, 0.3) is 0 Å². The van der Waals surface area contributed by atoms with Crippen LogP contribution in [0.3, 0.4) is 0 Å². The van der Waals surface area contributed by atoms with Crippen molar-refractivity contribution in [2.24, 2.45) is 11.8 Å². The van der Waals surface area contributed by atoms with Gasteiger partial charge in [-0.25, -0.2) is 4.90 Å². The second-order valence-electron chi connectivity index (χ2n) is 6.01. The lowest BCUT2D eigenvalue weighted by atomic mass is 9.81. The molecule has 0 spiro atoms. The average molecular weight is 279 g/mol. The minimum Gasteiger partial charge on any atom is -0.274 e. The molecular formula is C18H17NO2. The molecule has 0 unspecified atom stereocenters. The van der Waals surface area contributed by atoms with Crippen molar-refractivity contribution in [3.63, 3.8) is 0 Å². The Kier molecular flexibility index (Phi) is 2.81. The van der Waals surface area contributed by atoms with Crippen LogP contribution in [0.25, 0.3) is 10.8 Å². The van der Waals surface area contributed by atoms with Gasteiger partial charge in [-0.2, -0.15) is 0 Å². The van der Waals surface area contributed by atoms with E-state index >= 15 is 0 Å². The maximum absolute atomic E-state index is 12.7. The van der Waals surface area contributed by atoms with Gasteiger partial charge in [0.15, 0.2) is 0 Å². The highest BCUT2D eigenvalue weighted by atomic mass is 16.2. The molecule has 2 aromatic carbocycles. The number of fused-ring (bicyclic) bond motifs is 2. The number of carbonyl (C=O) groups excluding carboxylic acids is 2. The van der Waals surface area contributed by atoms with Crippen LogP contribution in [0, 0.1) is 11.8 Å². The molecule has 3 nitrogen and oxygen atoms in total. The number of rotatable bonds is 1. The lowest BCUT2D eigenvalue weighted by Crippen LogP contribution is -2.31. The largest absolute Gasteiger partial charge is 0.274 e. The van der Waals surface area contributed by atoms with Crippen LogP contribution in [-0.4, -0.2) is 11.8 Å². The lowest BCUT2D eigenvalue weighted by molar-refractivity contribution is -0.122. The maximum Gasteiger partial charge on any atom is 0.237 e. The molecule has 1 aliphatic heterocycles. The van der Waals surface area contributed by atoms with Gasteiger partial charge in [-0.1, -0.05) is 49.2 Å². The van der Waals surface area contributed by atoms with Gasteiger partial charge in [-0.15, -0.1) is 0 Å². The van der Waals surface area contributed by atoms with Crippen LogP contribution in [0.2, 0.25) is 0 Å². The van der Waals surface area contributed by atoms with E-state index in [-0.39, 0.29) is 23.7 Å². The van der Waals surface area contributed by atoms with Crippen LogP contribution in [0.4, 0.5) is 5.69 Å². The first kappa shape index (κ1) is 12.6. The fourth-order valence-electron chi connectivity index (χ4n) is 3.80. The molecule has 2 aromatic rings. The van der Waals surface area contributed by atoms with Gasteiger partial charge in [0.1, 0.15) is 0 Å². The van der Waals surface area contributed by atoms with Crippen molar-refractivity contribution in [1.82, 2.24) is 0 Å². The molecule has 2 atom stereocenters. The predicted molar refractivity (Wildman–Crippen MR) is 81.9 cm³/mol. The summed E-state index contributed by atoms with van der Waals surface area (Å²) in [5.41, 5.74) is 0.748. The third-order valence-corrected chi connectivity index (χ3v) is 4.85. The van der Waals surface area contributed by atoms with Crippen molar-refractivity contribution in [3.8, 4) is 0 Å². The summed E-state index contributed by atoms with van der Waals surface area (Å²) in [5.74, 6) is -0.183. The summed E-state index contributed by atoms with van der Waals surface area (Å²) in [6, 6.07) is 13.7. The minimum atomic E-state index is -0.0924. The molecule has 3 heteroatoms. The van der Waals surface area contributed by atoms with Crippen molar-refractivity contribution >= 4 is 28.3 Å². The second kappa shape index (κ2) is 4.69. The molecule has 2 fully saturated rings. The van der Waals surface area contributed by atoms with Crippen molar-refractivity contribution in [3.05, 3.63) is 42.5 Å². The highest BCUT2D eigenvalue weighted by Crippen LogP contribution is 2.41. The Balaban J connectivity index is 1.85. The Morgan fingerprint density at radius 2 is 1.43 bits per heavy atom. The van der Waals surface area contributed by atoms with Crippen LogP contribution in [0.1, 0.15) is 25.7 Å². The molecule has 2 amide bonds.